The fraction of sp³-hybridized carbons (Fsp3) is 0.250. The van der Waals surface area contributed by atoms with Crippen LogP contribution in [0.15, 0.2) is 54.3 Å². The van der Waals surface area contributed by atoms with Gasteiger partial charge in [0.1, 0.15) is 0 Å². The fourth-order valence-electron chi connectivity index (χ4n) is 3.04. The first kappa shape index (κ1) is 16.7. The maximum atomic E-state index is 12.6. The number of nitrogens with one attached hydrogen (secondary N) is 1. The molecule has 5 nitrogen and oxygen atoms in total. The topological polar surface area (TPSA) is 93.9 Å². The van der Waals surface area contributed by atoms with Gasteiger partial charge in [-0.25, -0.2) is 0 Å². The van der Waals surface area contributed by atoms with E-state index in [4.69, 9.17) is 5.26 Å². The Kier molecular flexibility index (Phi) is 4.28. The summed E-state index contributed by atoms with van der Waals surface area (Å²) in [6.45, 7) is 1.80. The van der Waals surface area contributed by atoms with Crippen molar-refractivity contribution in [1.82, 2.24) is 4.98 Å². The summed E-state index contributed by atoms with van der Waals surface area (Å²) in [5.41, 5.74) is 1.32. The molecule has 0 aliphatic heterocycles. The average Bonchev–Trinajstić information content (AvgIpc) is 3.03. The molecule has 0 amide bonds. The van der Waals surface area contributed by atoms with E-state index in [1.165, 1.54) is 0 Å². The minimum Gasteiger partial charge on any atom is -0.481 e. The lowest BCUT2D eigenvalue weighted by Gasteiger charge is -2.20. The zero-order chi connectivity index (χ0) is 18.0. The molecule has 1 aromatic heterocycles. The molecule has 1 heterocycles. The van der Waals surface area contributed by atoms with Gasteiger partial charge in [-0.3, -0.25) is 9.59 Å². The number of carbonyl (C=O) groups is 2. The number of carbonyl (C=O) groups excluding carboxylic acids is 1. The number of fused-ring (bicyclic) bond motifs is 1. The molecule has 5 heteroatoms. The van der Waals surface area contributed by atoms with E-state index in [0.29, 0.717) is 17.6 Å². The Morgan fingerprint density at radius 1 is 1.40 bits per heavy atom. The van der Waals surface area contributed by atoms with Gasteiger partial charge in [0.2, 0.25) is 0 Å². The Labute approximate surface area is 145 Å². The van der Waals surface area contributed by atoms with E-state index < -0.39 is 17.3 Å². The molecular weight excluding hydrogens is 316 g/mol. The van der Waals surface area contributed by atoms with Crippen LogP contribution in [0.25, 0.3) is 10.9 Å². The Morgan fingerprint density at radius 2 is 2.16 bits per heavy atom. The van der Waals surface area contributed by atoms with E-state index in [9.17, 15) is 14.7 Å². The zero-order valence-corrected chi connectivity index (χ0v) is 13.8. The van der Waals surface area contributed by atoms with E-state index in [1.54, 1.807) is 31.3 Å². The number of aliphatic carboxylic acids is 1. The molecule has 0 bridgehead atoms. The van der Waals surface area contributed by atoms with Crippen LogP contribution in [0.1, 0.15) is 31.2 Å². The molecule has 0 fully saturated rings. The van der Waals surface area contributed by atoms with Crippen molar-refractivity contribution in [3.63, 3.8) is 0 Å². The smallest absolute Gasteiger partial charge is 0.311 e. The molecular formula is C20H18N2O3. The van der Waals surface area contributed by atoms with E-state index in [1.807, 2.05) is 24.3 Å². The lowest BCUT2D eigenvalue weighted by atomic mass is 9.81. The minimum absolute atomic E-state index is 0.114. The Bertz CT molecular complexity index is 945. The quantitative estimate of drug-likeness (QED) is 0.871. The van der Waals surface area contributed by atoms with Gasteiger partial charge in [-0.15, -0.1) is 0 Å². The number of carboxylic acids is 1. The van der Waals surface area contributed by atoms with Crippen molar-refractivity contribution in [3.05, 3.63) is 59.8 Å². The summed E-state index contributed by atoms with van der Waals surface area (Å²) >= 11 is 0. The van der Waals surface area contributed by atoms with Gasteiger partial charge in [0.15, 0.2) is 5.78 Å². The number of rotatable bonds is 5. The number of para-hydroxylation sites is 1. The van der Waals surface area contributed by atoms with Crippen LogP contribution in [-0.2, 0) is 9.59 Å². The predicted molar refractivity (Wildman–Crippen MR) is 93.9 cm³/mol. The highest BCUT2D eigenvalue weighted by Crippen LogP contribution is 2.32. The molecule has 1 aliphatic carbocycles. The maximum absolute atomic E-state index is 12.6. The molecule has 3 rings (SSSR count). The summed E-state index contributed by atoms with van der Waals surface area (Å²) in [5.74, 6) is -2.17. The molecule has 2 unspecified atom stereocenters. The first-order chi connectivity index (χ1) is 11.9. The largest absolute Gasteiger partial charge is 0.481 e. The molecule has 2 aromatic rings. The third-order valence-corrected chi connectivity index (χ3v) is 4.64. The van der Waals surface area contributed by atoms with Crippen LogP contribution in [0.3, 0.4) is 0 Å². The number of nitrogens with zero attached hydrogens (tertiary/aromatic N) is 1. The van der Waals surface area contributed by atoms with Crippen LogP contribution in [0, 0.1) is 16.7 Å². The highest BCUT2D eigenvalue weighted by Gasteiger charge is 2.29. The van der Waals surface area contributed by atoms with Crippen molar-refractivity contribution in [1.29, 1.82) is 5.26 Å². The molecule has 2 N–H and O–H groups in total. The van der Waals surface area contributed by atoms with E-state index in [-0.39, 0.29) is 12.2 Å². The van der Waals surface area contributed by atoms with Gasteiger partial charge in [0.05, 0.1) is 17.4 Å². The molecule has 1 aliphatic rings. The number of hydrogen-bond donors (Lipinski definition) is 2. The van der Waals surface area contributed by atoms with Gasteiger partial charge in [0, 0.05) is 29.1 Å². The van der Waals surface area contributed by atoms with Crippen LogP contribution >= 0.6 is 0 Å². The highest BCUT2D eigenvalue weighted by molar-refractivity contribution is 6.02. The second-order valence-electron chi connectivity index (χ2n) is 6.53. The van der Waals surface area contributed by atoms with Gasteiger partial charge < -0.3 is 10.1 Å². The summed E-state index contributed by atoms with van der Waals surface area (Å²) in [6.07, 6.45) is 7.06. The molecule has 126 valence electrons. The molecule has 0 saturated heterocycles. The number of aromatic amines is 1. The third-order valence-electron chi connectivity index (χ3n) is 4.64. The van der Waals surface area contributed by atoms with Gasteiger partial charge in [0.25, 0.3) is 0 Å². The molecule has 0 radical (unpaired) electrons. The van der Waals surface area contributed by atoms with E-state index >= 15 is 0 Å². The Balaban J connectivity index is 1.84. The van der Waals surface area contributed by atoms with E-state index in [0.717, 1.165) is 10.9 Å². The summed E-state index contributed by atoms with van der Waals surface area (Å²) in [6, 6.07) is 9.63. The third kappa shape index (κ3) is 3.24. The first-order valence-electron chi connectivity index (χ1n) is 8.06. The van der Waals surface area contributed by atoms with Gasteiger partial charge >= 0.3 is 5.97 Å². The SMILES string of the molecule is CC1(C#N)C=CC(C(=O)CC(C(=O)O)c2c[nH]c3ccccc23)=CC1. The normalized spacial score (nSPS) is 20.7. The second kappa shape index (κ2) is 6.40. The average molecular weight is 334 g/mol. The Hall–Kier alpha value is -3.13. The number of benzene rings is 1. The van der Waals surface area contributed by atoms with Crippen molar-refractivity contribution >= 4 is 22.7 Å². The van der Waals surface area contributed by atoms with Crippen LogP contribution in [0.5, 0.6) is 0 Å². The lowest BCUT2D eigenvalue weighted by Crippen LogP contribution is -2.19. The summed E-state index contributed by atoms with van der Waals surface area (Å²) < 4.78 is 0. The monoisotopic (exact) mass is 334 g/mol. The summed E-state index contributed by atoms with van der Waals surface area (Å²) in [5, 5.41) is 19.6. The molecule has 25 heavy (non-hydrogen) atoms. The number of ketones is 1. The standard InChI is InChI=1S/C20H18N2O3/c1-20(12-21)8-6-13(7-9-20)18(23)10-15(19(24)25)16-11-22-17-5-3-2-4-14(16)17/h2-8,11,15,22H,9-10H2,1H3,(H,24,25). The molecule has 2 atom stereocenters. The summed E-state index contributed by atoms with van der Waals surface area (Å²) in [4.78, 5) is 27.4. The van der Waals surface area contributed by atoms with Gasteiger partial charge in [-0.05, 0) is 25.0 Å². The summed E-state index contributed by atoms with van der Waals surface area (Å²) in [7, 11) is 0. The van der Waals surface area contributed by atoms with Crippen molar-refractivity contribution in [2.24, 2.45) is 5.41 Å². The molecule has 0 saturated carbocycles. The maximum Gasteiger partial charge on any atom is 0.311 e. The van der Waals surface area contributed by atoms with Crippen molar-refractivity contribution in [2.75, 3.05) is 0 Å². The zero-order valence-electron chi connectivity index (χ0n) is 13.8. The second-order valence-corrected chi connectivity index (χ2v) is 6.53. The van der Waals surface area contributed by atoms with Crippen molar-refractivity contribution in [2.45, 2.75) is 25.7 Å². The highest BCUT2D eigenvalue weighted by atomic mass is 16.4. The molecule has 1 aromatic carbocycles. The number of allylic oxidation sites excluding steroid dienone is 4. The Morgan fingerprint density at radius 3 is 2.80 bits per heavy atom. The number of aromatic nitrogens is 1. The van der Waals surface area contributed by atoms with Crippen molar-refractivity contribution in [3.8, 4) is 6.07 Å². The fourth-order valence-corrected chi connectivity index (χ4v) is 3.04. The number of hydrogen-bond acceptors (Lipinski definition) is 3. The predicted octanol–water partition coefficient (Wildman–Crippen LogP) is 3.71. The van der Waals surface area contributed by atoms with Crippen LogP contribution in [0.4, 0.5) is 0 Å². The number of Topliss-reactive ketones (excluding diaryl/α,β-unsaturated/α-hetero) is 1. The minimum atomic E-state index is -1.03. The number of carboxylic acid groups (broad SMARTS) is 1. The van der Waals surface area contributed by atoms with Crippen LogP contribution < -0.4 is 0 Å². The number of H-pyrrole nitrogens is 1. The number of nitriles is 1. The van der Waals surface area contributed by atoms with E-state index in [2.05, 4.69) is 11.1 Å². The van der Waals surface area contributed by atoms with Crippen LogP contribution in [-0.4, -0.2) is 21.8 Å². The lowest BCUT2D eigenvalue weighted by molar-refractivity contribution is -0.140. The van der Waals surface area contributed by atoms with Gasteiger partial charge in [-0.2, -0.15) is 5.26 Å². The first-order valence-corrected chi connectivity index (χ1v) is 8.06. The van der Waals surface area contributed by atoms with Crippen LogP contribution in [0.2, 0.25) is 0 Å². The van der Waals surface area contributed by atoms with Gasteiger partial charge in [-0.1, -0.05) is 36.4 Å². The van der Waals surface area contributed by atoms with Crippen molar-refractivity contribution < 1.29 is 14.7 Å². The molecule has 0 spiro atoms.